The van der Waals surface area contributed by atoms with E-state index in [9.17, 15) is 0 Å². The Labute approximate surface area is 104 Å². The first-order valence-electron chi connectivity index (χ1n) is 5.77. The summed E-state index contributed by atoms with van der Waals surface area (Å²) >= 11 is 6.15. The summed E-state index contributed by atoms with van der Waals surface area (Å²) in [5.74, 6) is 2.30. The molecule has 0 aromatic carbocycles. The molecule has 1 saturated heterocycles. The van der Waals surface area contributed by atoms with E-state index in [1.165, 1.54) is 12.7 Å². The highest BCUT2D eigenvalue weighted by Gasteiger charge is 2.24. The SMILES string of the molecule is Cc1c(Cl)nc2ncnn2c1N1CCC(C)C1. The number of rotatable bonds is 1. The number of halogens is 1. The maximum absolute atomic E-state index is 6.15. The Morgan fingerprint density at radius 2 is 2.29 bits per heavy atom. The maximum atomic E-state index is 6.15. The number of anilines is 1. The molecule has 5 nitrogen and oxygen atoms in total. The fourth-order valence-corrected chi connectivity index (χ4v) is 2.54. The molecule has 0 saturated carbocycles. The third-order valence-electron chi connectivity index (χ3n) is 3.30. The molecule has 0 N–H and O–H groups in total. The Morgan fingerprint density at radius 1 is 1.47 bits per heavy atom. The van der Waals surface area contributed by atoms with Crippen molar-refractivity contribution in [1.82, 2.24) is 19.6 Å². The topological polar surface area (TPSA) is 46.3 Å². The van der Waals surface area contributed by atoms with Gasteiger partial charge in [-0.05, 0) is 19.3 Å². The molecule has 0 radical (unpaired) electrons. The van der Waals surface area contributed by atoms with Crippen molar-refractivity contribution in [3.8, 4) is 0 Å². The third kappa shape index (κ3) is 1.65. The van der Waals surface area contributed by atoms with Gasteiger partial charge in [0.05, 0.1) is 0 Å². The van der Waals surface area contributed by atoms with Crippen LogP contribution in [0.4, 0.5) is 5.82 Å². The lowest BCUT2D eigenvalue weighted by atomic mass is 10.2. The molecule has 2 aromatic heterocycles. The second kappa shape index (κ2) is 3.84. The second-order valence-electron chi connectivity index (χ2n) is 4.66. The van der Waals surface area contributed by atoms with E-state index in [1.54, 1.807) is 4.52 Å². The second-order valence-corrected chi connectivity index (χ2v) is 5.02. The van der Waals surface area contributed by atoms with Gasteiger partial charge in [-0.3, -0.25) is 0 Å². The molecule has 1 aliphatic heterocycles. The van der Waals surface area contributed by atoms with Gasteiger partial charge in [0.15, 0.2) is 0 Å². The molecule has 17 heavy (non-hydrogen) atoms. The van der Waals surface area contributed by atoms with Crippen molar-refractivity contribution in [2.24, 2.45) is 5.92 Å². The largest absolute Gasteiger partial charge is 0.356 e. The van der Waals surface area contributed by atoms with Crippen molar-refractivity contribution in [2.45, 2.75) is 20.3 Å². The van der Waals surface area contributed by atoms with Gasteiger partial charge in [-0.25, -0.2) is 0 Å². The van der Waals surface area contributed by atoms with Crippen molar-refractivity contribution in [3.05, 3.63) is 17.0 Å². The summed E-state index contributed by atoms with van der Waals surface area (Å²) in [6, 6.07) is 0. The highest BCUT2D eigenvalue weighted by molar-refractivity contribution is 6.30. The average Bonchev–Trinajstić information content (AvgIpc) is 2.89. The van der Waals surface area contributed by atoms with Crippen LogP contribution in [0.2, 0.25) is 5.15 Å². The summed E-state index contributed by atoms with van der Waals surface area (Å²) in [6.45, 7) is 6.32. The summed E-state index contributed by atoms with van der Waals surface area (Å²) in [6.07, 6.45) is 2.72. The lowest BCUT2D eigenvalue weighted by Crippen LogP contribution is -2.23. The van der Waals surface area contributed by atoms with Gasteiger partial charge in [0.2, 0.25) is 0 Å². The smallest absolute Gasteiger partial charge is 0.255 e. The van der Waals surface area contributed by atoms with Crippen LogP contribution in [-0.2, 0) is 0 Å². The van der Waals surface area contributed by atoms with Crippen molar-refractivity contribution in [1.29, 1.82) is 0 Å². The minimum absolute atomic E-state index is 0.514. The number of hydrogen-bond donors (Lipinski definition) is 0. The van der Waals surface area contributed by atoms with Crippen LogP contribution >= 0.6 is 11.6 Å². The number of hydrogen-bond acceptors (Lipinski definition) is 4. The van der Waals surface area contributed by atoms with Crippen LogP contribution in [0.3, 0.4) is 0 Å². The highest BCUT2D eigenvalue weighted by Crippen LogP contribution is 2.29. The van der Waals surface area contributed by atoms with Crippen molar-refractivity contribution < 1.29 is 0 Å². The minimum atomic E-state index is 0.514. The summed E-state index contributed by atoms with van der Waals surface area (Å²) in [5.41, 5.74) is 0.971. The highest BCUT2D eigenvalue weighted by atomic mass is 35.5. The number of fused-ring (bicyclic) bond motifs is 1. The van der Waals surface area contributed by atoms with Crippen LogP contribution in [0.15, 0.2) is 6.33 Å². The van der Waals surface area contributed by atoms with Crippen LogP contribution in [-0.4, -0.2) is 32.7 Å². The molecule has 0 amide bonds. The molecule has 2 aromatic rings. The first-order chi connectivity index (χ1) is 8.16. The molecule has 0 spiro atoms. The van der Waals surface area contributed by atoms with E-state index in [-0.39, 0.29) is 0 Å². The minimum Gasteiger partial charge on any atom is -0.356 e. The Bertz CT molecular complexity index is 564. The van der Waals surface area contributed by atoms with Gasteiger partial charge in [0, 0.05) is 18.7 Å². The predicted molar refractivity (Wildman–Crippen MR) is 66.5 cm³/mol. The molecule has 1 atom stereocenters. The van der Waals surface area contributed by atoms with Crippen LogP contribution in [0.25, 0.3) is 5.78 Å². The average molecular weight is 252 g/mol. The Balaban J connectivity index is 2.19. The van der Waals surface area contributed by atoms with Gasteiger partial charge in [0.25, 0.3) is 5.78 Å². The summed E-state index contributed by atoms with van der Waals surface area (Å²) in [5, 5.41) is 4.75. The van der Waals surface area contributed by atoms with E-state index in [0.29, 0.717) is 16.8 Å². The first-order valence-corrected chi connectivity index (χ1v) is 6.15. The van der Waals surface area contributed by atoms with Gasteiger partial charge in [-0.2, -0.15) is 19.6 Å². The number of nitrogens with zero attached hydrogens (tertiary/aromatic N) is 5. The fourth-order valence-electron chi connectivity index (χ4n) is 2.38. The first kappa shape index (κ1) is 10.8. The van der Waals surface area contributed by atoms with Crippen molar-refractivity contribution in [3.63, 3.8) is 0 Å². The van der Waals surface area contributed by atoms with E-state index in [0.717, 1.165) is 24.5 Å². The number of aromatic nitrogens is 4. The lowest BCUT2D eigenvalue weighted by Gasteiger charge is -2.21. The summed E-state index contributed by atoms with van der Waals surface area (Å²) in [4.78, 5) is 10.6. The molecule has 1 aliphatic rings. The molecular formula is C11H14ClN5. The predicted octanol–water partition coefficient (Wildman–Crippen LogP) is 1.93. The standard InChI is InChI=1S/C11H14ClN5/c1-7-3-4-16(5-7)10-8(2)9(12)15-11-13-6-14-17(10)11/h6-7H,3-5H2,1-2H3. The van der Waals surface area contributed by atoms with Gasteiger partial charge < -0.3 is 4.90 Å². The lowest BCUT2D eigenvalue weighted by molar-refractivity contribution is 0.657. The molecule has 1 unspecified atom stereocenters. The fraction of sp³-hybridized carbons (Fsp3) is 0.545. The third-order valence-corrected chi connectivity index (χ3v) is 3.66. The molecule has 90 valence electrons. The molecule has 3 rings (SSSR count). The quantitative estimate of drug-likeness (QED) is 0.727. The molecule has 6 heteroatoms. The zero-order valence-corrected chi connectivity index (χ0v) is 10.6. The van der Waals surface area contributed by atoms with E-state index >= 15 is 0 Å². The molecule has 1 fully saturated rings. The molecular weight excluding hydrogens is 238 g/mol. The van der Waals surface area contributed by atoms with E-state index in [1.807, 2.05) is 6.92 Å². The Morgan fingerprint density at radius 3 is 3.00 bits per heavy atom. The van der Waals surface area contributed by atoms with E-state index in [2.05, 4.69) is 26.9 Å². The summed E-state index contributed by atoms with van der Waals surface area (Å²) < 4.78 is 1.78. The summed E-state index contributed by atoms with van der Waals surface area (Å²) in [7, 11) is 0. The van der Waals surface area contributed by atoms with Crippen molar-refractivity contribution in [2.75, 3.05) is 18.0 Å². The zero-order chi connectivity index (χ0) is 12.0. The van der Waals surface area contributed by atoms with E-state index < -0.39 is 0 Å². The van der Waals surface area contributed by atoms with Crippen LogP contribution in [0, 0.1) is 12.8 Å². The van der Waals surface area contributed by atoms with E-state index in [4.69, 9.17) is 11.6 Å². The van der Waals surface area contributed by atoms with Gasteiger partial charge in [-0.15, -0.1) is 0 Å². The Kier molecular flexibility index (Phi) is 2.43. The van der Waals surface area contributed by atoms with Gasteiger partial charge in [-0.1, -0.05) is 18.5 Å². The van der Waals surface area contributed by atoms with Gasteiger partial charge in [0.1, 0.15) is 17.3 Å². The normalized spacial score (nSPS) is 20.4. The van der Waals surface area contributed by atoms with Crippen LogP contribution in [0.1, 0.15) is 18.9 Å². The van der Waals surface area contributed by atoms with Crippen LogP contribution in [0.5, 0.6) is 0 Å². The molecule has 0 bridgehead atoms. The zero-order valence-electron chi connectivity index (χ0n) is 9.89. The monoisotopic (exact) mass is 251 g/mol. The maximum Gasteiger partial charge on any atom is 0.255 e. The molecule has 3 heterocycles. The molecule has 0 aliphatic carbocycles. The van der Waals surface area contributed by atoms with Gasteiger partial charge >= 0.3 is 0 Å². The Hall–Kier alpha value is -1.36. The van der Waals surface area contributed by atoms with Crippen LogP contribution < -0.4 is 4.90 Å². The van der Waals surface area contributed by atoms with Crippen molar-refractivity contribution >= 4 is 23.2 Å².